The van der Waals surface area contributed by atoms with Gasteiger partial charge < -0.3 is 5.32 Å². The predicted octanol–water partition coefficient (Wildman–Crippen LogP) is 1.87. The lowest BCUT2D eigenvalue weighted by Gasteiger charge is -2.06. The molecule has 0 saturated heterocycles. The number of rotatable bonds is 4. The van der Waals surface area contributed by atoms with E-state index in [1.807, 2.05) is 29.5 Å². The Morgan fingerprint density at radius 3 is 2.65 bits per heavy atom. The molecular formula is C12H19N5. The van der Waals surface area contributed by atoms with E-state index >= 15 is 0 Å². The lowest BCUT2D eigenvalue weighted by Crippen LogP contribution is -2.06. The third-order valence-electron chi connectivity index (χ3n) is 2.94. The standard InChI is InChI=1S/C12H19N5/c1-5-17-8-11(10(3)15-17)7-13-12-9(2)6-14-16(12)4/h6,8,13H,5,7H2,1-4H3. The summed E-state index contributed by atoms with van der Waals surface area (Å²) < 4.78 is 3.82. The Labute approximate surface area is 101 Å². The van der Waals surface area contributed by atoms with E-state index in [9.17, 15) is 0 Å². The van der Waals surface area contributed by atoms with E-state index < -0.39 is 0 Å². The first-order valence-corrected chi connectivity index (χ1v) is 5.87. The molecule has 92 valence electrons. The summed E-state index contributed by atoms with van der Waals surface area (Å²) in [7, 11) is 1.94. The minimum absolute atomic E-state index is 0.784. The highest BCUT2D eigenvalue weighted by molar-refractivity contribution is 5.43. The maximum atomic E-state index is 4.43. The molecule has 5 heteroatoms. The van der Waals surface area contributed by atoms with Crippen LogP contribution in [0.5, 0.6) is 0 Å². The summed E-state index contributed by atoms with van der Waals surface area (Å²) in [4.78, 5) is 0. The molecule has 17 heavy (non-hydrogen) atoms. The van der Waals surface area contributed by atoms with Crippen LogP contribution in [0.2, 0.25) is 0 Å². The molecule has 0 amide bonds. The second-order valence-corrected chi connectivity index (χ2v) is 4.25. The highest BCUT2D eigenvalue weighted by Crippen LogP contribution is 2.14. The molecule has 2 aromatic heterocycles. The van der Waals surface area contributed by atoms with E-state index in [1.54, 1.807) is 0 Å². The van der Waals surface area contributed by atoms with Crippen LogP contribution in [-0.2, 0) is 20.1 Å². The van der Waals surface area contributed by atoms with E-state index in [-0.39, 0.29) is 0 Å². The van der Waals surface area contributed by atoms with Crippen LogP contribution in [0.15, 0.2) is 12.4 Å². The lowest BCUT2D eigenvalue weighted by molar-refractivity contribution is 0.653. The molecule has 0 fully saturated rings. The van der Waals surface area contributed by atoms with Gasteiger partial charge >= 0.3 is 0 Å². The van der Waals surface area contributed by atoms with Gasteiger partial charge in [0.2, 0.25) is 0 Å². The second kappa shape index (κ2) is 4.61. The molecule has 0 aromatic carbocycles. The minimum atomic E-state index is 0.784. The van der Waals surface area contributed by atoms with Crippen LogP contribution in [0.25, 0.3) is 0 Å². The van der Waals surface area contributed by atoms with Crippen molar-refractivity contribution in [3.05, 3.63) is 29.2 Å². The Balaban J connectivity index is 2.09. The van der Waals surface area contributed by atoms with Gasteiger partial charge in [0, 0.05) is 37.5 Å². The molecule has 0 spiro atoms. The topological polar surface area (TPSA) is 47.7 Å². The molecule has 2 aromatic rings. The first-order valence-electron chi connectivity index (χ1n) is 5.87. The molecule has 0 aliphatic rings. The van der Waals surface area contributed by atoms with Crippen molar-refractivity contribution >= 4 is 5.82 Å². The molecule has 0 aliphatic heterocycles. The first-order chi connectivity index (χ1) is 8.11. The van der Waals surface area contributed by atoms with Crippen LogP contribution < -0.4 is 5.32 Å². The number of hydrogen-bond donors (Lipinski definition) is 1. The Morgan fingerprint density at radius 1 is 1.35 bits per heavy atom. The summed E-state index contributed by atoms with van der Waals surface area (Å²) in [6.45, 7) is 7.88. The molecule has 0 atom stereocenters. The number of anilines is 1. The first kappa shape index (κ1) is 11.7. The predicted molar refractivity (Wildman–Crippen MR) is 67.9 cm³/mol. The summed E-state index contributed by atoms with van der Waals surface area (Å²) in [5.41, 5.74) is 3.47. The Bertz CT molecular complexity index is 489. The lowest BCUT2D eigenvalue weighted by atomic mass is 10.2. The molecule has 0 aliphatic carbocycles. The van der Waals surface area contributed by atoms with E-state index in [0.717, 1.165) is 30.2 Å². The number of nitrogens with one attached hydrogen (secondary N) is 1. The molecule has 0 radical (unpaired) electrons. The minimum Gasteiger partial charge on any atom is -0.366 e. The van der Waals surface area contributed by atoms with E-state index in [2.05, 4.69) is 35.6 Å². The van der Waals surface area contributed by atoms with Gasteiger partial charge in [0.1, 0.15) is 5.82 Å². The van der Waals surface area contributed by atoms with E-state index in [0.29, 0.717) is 0 Å². The van der Waals surface area contributed by atoms with E-state index in [1.165, 1.54) is 5.56 Å². The average Bonchev–Trinajstić information content (AvgIpc) is 2.81. The zero-order valence-electron chi connectivity index (χ0n) is 10.9. The Morgan fingerprint density at radius 2 is 2.12 bits per heavy atom. The molecule has 0 bridgehead atoms. The normalized spacial score (nSPS) is 10.8. The van der Waals surface area contributed by atoms with Crippen molar-refractivity contribution in [1.29, 1.82) is 0 Å². The van der Waals surface area contributed by atoms with Crippen LogP contribution in [-0.4, -0.2) is 19.6 Å². The van der Waals surface area contributed by atoms with Crippen molar-refractivity contribution in [3.63, 3.8) is 0 Å². The molecule has 0 unspecified atom stereocenters. The highest BCUT2D eigenvalue weighted by atomic mass is 15.3. The monoisotopic (exact) mass is 233 g/mol. The average molecular weight is 233 g/mol. The van der Waals surface area contributed by atoms with Crippen LogP contribution in [0, 0.1) is 13.8 Å². The summed E-state index contributed by atoms with van der Waals surface area (Å²) in [5, 5.41) is 12.0. The summed E-state index contributed by atoms with van der Waals surface area (Å²) in [5.74, 6) is 1.06. The third-order valence-corrected chi connectivity index (χ3v) is 2.94. The van der Waals surface area contributed by atoms with Gasteiger partial charge in [0.15, 0.2) is 0 Å². The zero-order valence-corrected chi connectivity index (χ0v) is 10.9. The number of aryl methyl sites for hydroxylation is 4. The van der Waals surface area contributed by atoms with Gasteiger partial charge in [0.25, 0.3) is 0 Å². The molecule has 0 saturated carbocycles. The molecular weight excluding hydrogens is 214 g/mol. The van der Waals surface area contributed by atoms with Crippen molar-refractivity contribution in [2.45, 2.75) is 33.9 Å². The van der Waals surface area contributed by atoms with Gasteiger partial charge in [-0.1, -0.05) is 0 Å². The van der Waals surface area contributed by atoms with Gasteiger partial charge in [-0.05, 0) is 20.8 Å². The summed E-state index contributed by atoms with van der Waals surface area (Å²) >= 11 is 0. The van der Waals surface area contributed by atoms with Crippen molar-refractivity contribution in [2.75, 3.05) is 5.32 Å². The molecule has 2 rings (SSSR count). The third kappa shape index (κ3) is 2.33. The maximum absolute atomic E-state index is 4.43. The largest absolute Gasteiger partial charge is 0.366 e. The number of nitrogens with zero attached hydrogens (tertiary/aromatic N) is 4. The maximum Gasteiger partial charge on any atom is 0.127 e. The van der Waals surface area contributed by atoms with Crippen LogP contribution >= 0.6 is 0 Å². The highest BCUT2D eigenvalue weighted by Gasteiger charge is 2.07. The quantitative estimate of drug-likeness (QED) is 0.877. The number of hydrogen-bond acceptors (Lipinski definition) is 3. The Hall–Kier alpha value is -1.78. The fourth-order valence-corrected chi connectivity index (χ4v) is 1.87. The second-order valence-electron chi connectivity index (χ2n) is 4.25. The van der Waals surface area contributed by atoms with Crippen molar-refractivity contribution in [3.8, 4) is 0 Å². The van der Waals surface area contributed by atoms with Gasteiger partial charge in [0.05, 0.1) is 11.9 Å². The van der Waals surface area contributed by atoms with Gasteiger partial charge in [-0.2, -0.15) is 10.2 Å². The van der Waals surface area contributed by atoms with Gasteiger partial charge in [-0.3, -0.25) is 9.36 Å². The molecule has 5 nitrogen and oxygen atoms in total. The van der Waals surface area contributed by atoms with Gasteiger partial charge in [-0.15, -0.1) is 0 Å². The number of aromatic nitrogens is 4. The smallest absolute Gasteiger partial charge is 0.127 e. The summed E-state index contributed by atoms with van der Waals surface area (Å²) in [6, 6.07) is 0. The Kier molecular flexibility index (Phi) is 3.17. The van der Waals surface area contributed by atoms with Crippen molar-refractivity contribution in [2.24, 2.45) is 7.05 Å². The SMILES string of the molecule is CCn1cc(CNc2c(C)cnn2C)c(C)n1. The molecule has 1 N–H and O–H groups in total. The van der Waals surface area contributed by atoms with Crippen LogP contribution in [0.1, 0.15) is 23.7 Å². The molecule has 2 heterocycles. The van der Waals surface area contributed by atoms with Gasteiger partial charge in [-0.25, -0.2) is 0 Å². The summed E-state index contributed by atoms with van der Waals surface area (Å²) in [6.07, 6.45) is 3.96. The van der Waals surface area contributed by atoms with E-state index in [4.69, 9.17) is 0 Å². The van der Waals surface area contributed by atoms with Crippen LogP contribution in [0.4, 0.5) is 5.82 Å². The van der Waals surface area contributed by atoms with Crippen LogP contribution in [0.3, 0.4) is 0 Å². The van der Waals surface area contributed by atoms with Crippen molar-refractivity contribution in [1.82, 2.24) is 19.6 Å². The fraction of sp³-hybridized carbons (Fsp3) is 0.500. The fourth-order valence-electron chi connectivity index (χ4n) is 1.87. The zero-order chi connectivity index (χ0) is 12.4. The van der Waals surface area contributed by atoms with Crippen molar-refractivity contribution < 1.29 is 0 Å².